The Hall–Kier alpha value is -2.45. The van der Waals surface area contributed by atoms with E-state index in [-0.39, 0.29) is 35.6 Å². The van der Waals surface area contributed by atoms with E-state index in [2.05, 4.69) is 4.72 Å². The summed E-state index contributed by atoms with van der Waals surface area (Å²) in [7, 11) is -2.09. The molecule has 1 aromatic heterocycles. The summed E-state index contributed by atoms with van der Waals surface area (Å²) in [5.74, 6) is 0.316. The van der Waals surface area contributed by atoms with Gasteiger partial charge in [0, 0.05) is 25.6 Å². The van der Waals surface area contributed by atoms with E-state index in [1.807, 2.05) is 6.92 Å². The molecule has 0 saturated carbocycles. The molecular formula is C18H22N2O5S. The molecule has 1 aromatic carbocycles. The molecule has 0 saturated heterocycles. The highest BCUT2D eigenvalue weighted by atomic mass is 32.2. The van der Waals surface area contributed by atoms with Crippen molar-refractivity contribution in [1.29, 1.82) is 0 Å². The molecule has 0 aliphatic heterocycles. The molecule has 0 radical (unpaired) electrons. The van der Waals surface area contributed by atoms with Gasteiger partial charge in [0.2, 0.25) is 15.9 Å². The van der Waals surface area contributed by atoms with Gasteiger partial charge in [-0.1, -0.05) is 12.1 Å². The van der Waals surface area contributed by atoms with Crippen molar-refractivity contribution in [3.05, 3.63) is 54.0 Å². The van der Waals surface area contributed by atoms with Crippen LogP contribution in [0.25, 0.3) is 0 Å². The lowest BCUT2D eigenvalue weighted by Crippen LogP contribution is -2.33. The van der Waals surface area contributed by atoms with Gasteiger partial charge in [-0.2, -0.15) is 0 Å². The first kappa shape index (κ1) is 19.9. The zero-order valence-corrected chi connectivity index (χ0v) is 15.7. The number of nitrogens with one attached hydrogen (secondary N) is 1. The molecule has 8 heteroatoms. The summed E-state index contributed by atoms with van der Waals surface area (Å²) in [5.41, 5.74) is 0.438. The smallest absolute Gasteiger partial charge is 0.240 e. The highest BCUT2D eigenvalue weighted by Gasteiger charge is 2.20. The maximum atomic E-state index is 12.2. The molecule has 7 nitrogen and oxygen atoms in total. The molecule has 2 aromatic rings. The Morgan fingerprint density at radius 3 is 2.38 bits per heavy atom. The average Bonchev–Trinajstić information content (AvgIpc) is 3.14. The van der Waals surface area contributed by atoms with Crippen molar-refractivity contribution in [2.24, 2.45) is 0 Å². The van der Waals surface area contributed by atoms with Crippen LogP contribution in [-0.2, 0) is 14.8 Å². The zero-order valence-electron chi connectivity index (χ0n) is 14.9. The van der Waals surface area contributed by atoms with E-state index in [0.717, 1.165) is 0 Å². The molecule has 26 heavy (non-hydrogen) atoms. The van der Waals surface area contributed by atoms with Crippen LogP contribution in [0.2, 0.25) is 0 Å². The zero-order chi connectivity index (χ0) is 19.3. The van der Waals surface area contributed by atoms with Crippen LogP contribution in [-0.4, -0.2) is 38.6 Å². The number of carbonyl (C=O) groups is 2. The minimum atomic E-state index is -3.74. The van der Waals surface area contributed by atoms with E-state index in [1.165, 1.54) is 42.4 Å². The molecule has 0 aliphatic carbocycles. The molecule has 1 heterocycles. The van der Waals surface area contributed by atoms with E-state index in [9.17, 15) is 18.0 Å². The lowest BCUT2D eigenvalue weighted by Gasteiger charge is -2.23. The van der Waals surface area contributed by atoms with E-state index >= 15 is 0 Å². The number of nitrogens with zero attached hydrogens (tertiary/aromatic N) is 1. The van der Waals surface area contributed by atoms with Gasteiger partial charge in [-0.15, -0.1) is 0 Å². The summed E-state index contributed by atoms with van der Waals surface area (Å²) in [6, 6.07) is 8.94. The number of sulfonamides is 1. The normalized spacial score (nSPS) is 12.6. The van der Waals surface area contributed by atoms with Crippen molar-refractivity contribution in [3.63, 3.8) is 0 Å². The second-order valence-corrected chi connectivity index (χ2v) is 7.69. The van der Waals surface area contributed by atoms with Crippen LogP contribution in [0.4, 0.5) is 0 Å². The van der Waals surface area contributed by atoms with Crippen LogP contribution in [0.15, 0.2) is 52.0 Å². The highest BCUT2D eigenvalue weighted by Crippen LogP contribution is 2.19. The minimum absolute atomic E-state index is 0.0201. The maximum absolute atomic E-state index is 12.2. The molecule has 2 rings (SSSR count). The minimum Gasteiger partial charge on any atom is -0.467 e. The third-order valence-corrected chi connectivity index (χ3v) is 5.61. The van der Waals surface area contributed by atoms with Gasteiger partial charge in [-0.05, 0) is 38.1 Å². The van der Waals surface area contributed by atoms with Gasteiger partial charge in [-0.3, -0.25) is 9.59 Å². The molecular weight excluding hydrogens is 356 g/mol. The van der Waals surface area contributed by atoms with Gasteiger partial charge in [-0.25, -0.2) is 13.1 Å². The van der Waals surface area contributed by atoms with E-state index in [4.69, 9.17) is 4.42 Å². The summed E-state index contributed by atoms with van der Waals surface area (Å²) in [4.78, 5) is 25.0. The van der Waals surface area contributed by atoms with E-state index < -0.39 is 10.0 Å². The van der Waals surface area contributed by atoms with Crippen LogP contribution in [0.3, 0.4) is 0 Å². The number of hydrogen-bond donors (Lipinski definition) is 1. The lowest BCUT2D eigenvalue weighted by molar-refractivity contribution is -0.131. The first-order valence-electron chi connectivity index (χ1n) is 8.12. The number of carbonyl (C=O) groups excluding carboxylic acids is 2. The molecule has 0 fully saturated rings. The van der Waals surface area contributed by atoms with Gasteiger partial charge >= 0.3 is 0 Å². The molecule has 1 unspecified atom stereocenters. The van der Waals surface area contributed by atoms with Crippen LogP contribution < -0.4 is 4.72 Å². The lowest BCUT2D eigenvalue weighted by atomic mass is 10.2. The molecule has 0 bridgehead atoms. The molecule has 0 aliphatic rings. The summed E-state index contributed by atoms with van der Waals surface area (Å²) in [6.45, 7) is 3.22. The first-order valence-corrected chi connectivity index (χ1v) is 9.60. The number of amides is 1. The SMILES string of the molecule is CC(=O)c1ccc(S(=O)(=O)NCCC(=O)N(C)C(C)c2ccco2)cc1. The monoisotopic (exact) mass is 378 g/mol. The Labute approximate surface area is 153 Å². The van der Waals surface area contributed by atoms with E-state index in [1.54, 1.807) is 19.2 Å². The number of furan rings is 1. The Kier molecular flexibility index (Phi) is 6.33. The molecule has 1 amide bonds. The molecule has 1 atom stereocenters. The summed E-state index contributed by atoms with van der Waals surface area (Å²) in [6.07, 6.45) is 1.56. The highest BCUT2D eigenvalue weighted by molar-refractivity contribution is 7.89. The Balaban J connectivity index is 1.91. The van der Waals surface area contributed by atoms with Crippen LogP contribution in [0.1, 0.15) is 42.4 Å². The predicted molar refractivity (Wildman–Crippen MR) is 96.1 cm³/mol. The quantitative estimate of drug-likeness (QED) is 0.711. The van der Waals surface area contributed by atoms with Gasteiger partial charge in [0.1, 0.15) is 5.76 Å². The van der Waals surface area contributed by atoms with Crippen molar-refractivity contribution >= 4 is 21.7 Å². The number of ketones is 1. The first-order chi connectivity index (χ1) is 12.2. The standard InChI is InChI=1S/C18H22N2O5S/c1-13(17-5-4-12-25-17)20(3)18(22)10-11-19-26(23,24)16-8-6-15(7-9-16)14(2)21/h4-9,12-13,19H,10-11H2,1-3H3. The summed E-state index contributed by atoms with van der Waals surface area (Å²) < 4.78 is 32.2. The number of hydrogen-bond acceptors (Lipinski definition) is 5. The van der Waals surface area contributed by atoms with Crippen LogP contribution in [0.5, 0.6) is 0 Å². The topological polar surface area (TPSA) is 96.7 Å². The van der Waals surface area contributed by atoms with Crippen molar-refractivity contribution in [3.8, 4) is 0 Å². The summed E-state index contributed by atoms with van der Waals surface area (Å²) >= 11 is 0. The fourth-order valence-electron chi connectivity index (χ4n) is 2.36. The predicted octanol–water partition coefficient (Wildman–Crippen LogP) is 2.37. The Morgan fingerprint density at radius 1 is 1.19 bits per heavy atom. The largest absolute Gasteiger partial charge is 0.467 e. The van der Waals surface area contributed by atoms with Gasteiger partial charge in [0.15, 0.2) is 5.78 Å². The van der Waals surface area contributed by atoms with Crippen molar-refractivity contribution in [1.82, 2.24) is 9.62 Å². The van der Waals surface area contributed by atoms with E-state index in [0.29, 0.717) is 11.3 Å². The van der Waals surface area contributed by atoms with Crippen molar-refractivity contribution in [2.45, 2.75) is 31.2 Å². The number of rotatable bonds is 8. The van der Waals surface area contributed by atoms with Gasteiger partial charge in [0.05, 0.1) is 17.2 Å². The third kappa shape index (κ3) is 4.80. The van der Waals surface area contributed by atoms with Crippen LogP contribution >= 0.6 is 0 Å². The average molecular weight is 378 g/mol. The van der Waals surface area contributed by atoms with Crippen molar-refractivity contribution in [2.75, 3.05) is 13.6 Å². The van der Waals surface area contributed by atoms with Gasteiger partial charge in [0.25, 0.3) is 0 Å². The molecule has 140 valence electrons. The van der Waals surface area contributed by atoms with Gasteiger partial charge < -0.3 is 9.32 Å². The van der Waals surface area contributed by atoms with Crippen molar-refractivity contribution < 1.29 is 22.4 Å². The summed E-state index contributed by atoms with van der Waals surface area (Å²) in [5, 5.41) is 0. The molecule has 0 spiro atoms. The number of Topliss-reactive ketones (excluding diaryl/α,β-unsaturated/α-hetero) is 1. The fraction of sp³-hybridized carbons (Fsp3) is 0.333. The second kappa shape index (κ2) is 8.29. The fourth-order valence-corrected chi connectivity index (χ4v) is 3.39. The molecule has 1 N–H and O–H groups in total. The second-order valence-electron chi connectivity index (χ2n) is 5.92. The number of benzene rings is 1. The Morgan fingerprint density at radius 2 is 1.85 bits per heavy atom. The third-order valence-electron chi connectivity index (χ3n) is 4.13. The maximum Gasteiger partial charge on any atom is 0.240 e. The Bertz CT molecular complexity index is 857. The van der Waals surface area contributed by atoms with Crippen LogP contribution in [0, 0.1) is 0 Å².